The molecular formula is C14H19BrN2O3. The van der Waals surface area contributed by atoms with Gasteiger partial charge in [0.05, 0.1) is 11.6 Å². The third-order valence-electron chi connectivity index (χ3n) is 3.02. The number of anilines is 1. The molecule has 0 aromatic heterocycles. The Labute approximate surface area is 127 Å². The van der Waals surface area contributed by atoms with Gasteiger partial charge in [-0.2, -0.15) is 0 Å². The van der Waals surface area contributed by atoms with Crippen LogP contribution in [0.4, 0.5) is 10.5 Å². The van der Waals surface area contributed by atoms with Crippen LogP contribution >= 0.6 is 15.9 Å². The van der Waals surface area contributed by atoms with Crippen LogP contribution < -0.4 is 5.32 Å². The fraction of sp³-hybridized carbons (Fsp3) is 0.429. The number of hydrogen-bond donors (Lipinski definition) is 2. The number of aliphatic carboxylic acids is 1. The highest BCUT2D eigenvalue weighted by atomic mass is 79.9. The highest BCUT2D eigenvalue weighted by Gasteiger charge is 2.19. The lowest BCUT2D eigenvalue weighted by atomic mass is 10.2. The van der Waals surface area contributed by atoms with Crippen LogP contribution in [0, 0.1) is 12.8 Å². The fourth-order valence-corrected chi connectivity index (χ4v) is 2.07. The first-order valence-corrected chi connectivity index (χ1v) is 7.20. The molecule has 2 amide bonds. The molecule has 110 valence electrons. The second kappa shape index (κ2) is 7.28. The third-order valence-corrected chi connectivity index (χ3v) is 4.07. The summed E-state index contributed by atoms with van der Waals surface area (Å²) in [6, 6.07) is 5.28. The molecule has 0 fully saturated rings. The van der Waals surface area contributed by atoms with E-state index < -0.39 is 11.9 Å². The summed E-state index contributed by atoms with van der Waals surface area (Å²) < 4.78 is 0.829. The number of amides is 2. The van der Waals surface area contributed by atoms with Crippen LogP contribution in [0.15, 0.2) is 22.7 Å². The van der Waals surface area contributed by atoms with Crippen molar-refractivity contribution in [2.24, 2.45) is 5.92 Å². The molecule has 1 aromatic rings. The fourth-order valence-electron chi connectivity index (χ4n) is 1.70. The van der Waals surface area contributed by atoms with E-state index in [0.29, 0.717) is 12.2 Å². The zero-order chi connectivity index (χ0) is 15.3. The molecule has 0 aliphatic heterocycles. The van der Waals surface area contributed by atoms with Crippen molar-refractivity contribution in [1.82, 2.24) is 4.90 Å². The molecule has 5 nitrogen and oxygen atoms in total. The van der Waals surface area contributed by atoms with Gasteiger partial charge in [0.2, 0.25) is 0 Å². The van der Waals surface area contributed by atoms with Gasteiger partial charge in [-0.25, -0.2) is 4.79 Å². The Kier molecular flexibility index (Phi) is 6.01. The Bertz CT molecular complexity index is 505. The Morgan fingerprint density at radius 1 is 1.45 bits per heavy atom. The Morgan fingerprint density at radius 2 is 2.10 bits per heavy atom. The van der Waals surface area contributed by atoms with Gasteiger partial charge in [-0.1, -0.05) is 19.1 Å². The maximum absolute atomic E-state index is 12.2. The number of aryl methyl sites for hydroxylation is 1. The molecule has 0 aliphatic carbocycles. The van der Waals surface area contributed by atoms with E-state index >= 15 is 0 Å². The van der Waals surface area contributed by atoms with Crippen LogP contribution in [0.25, 0.3) is 0 Å². The normalized spacial score (nSPS) is 11.8. The molecule has 0 aliphatic rings. The second-order valence-corrected chi connectivity index (χ2v) is 5.44. The number of carboxylic acid groups (broad SMARTS) is 1. The minimum Gasteiger partial charge on any atom is -0.481 e. The first-order valence-electron chi connectivity index (χ1n) is 6.40. The molecule has 1 unspecified atom stereocenters. The molecule has 0 saturated heterocycles. The van der Waals surface area contributed by atoms with Crippen LogP contribution in [-0.2, 0) is 4.79 Å². The summed E-state index contributed by atoms with van der Waals surface area (Å²) in [7, 11) is 0. The average molecular weight is 343 g/mol. The summed E-state index contributed by atoms with van der Waals surface area (Å²) in [4.78, 5) is 24.5. The summed E-state index contributed by atoms with van der Waals surface area (Å²) in [5.74, 6) is -1.50. The lowest BCUT2D eigenvalue weighted by Gasteiger charge is -2.23. The topological polar surface area (TPSA) is 69.6 Å². The van der Waals surface area contributed by atoms with E-state index in [1.807, 2.05) is 26.0 Å². The van der Waals surface area contributed by atoms with Crippen LogP contribution in [0.3, 0.4) is 0 Å². The van der Waals surface area contributed by atoms with Gasteiger partial charge >= 0.3 is 12.0 Å². The van der Waals surface area contributed by atoms with Crippen molar-refractivity contribution in [3.63, 3.8) is 0 Å². The number of carbonyl (C=O) groups excluding carboxylic acids is 1. The molecule has 1 atom stereocenters. The number of nitrogens with one attached hydrogen (secondary N) is 1. The summed E-state index contributed by atoms with van der Waals surface area (Å²) >= 11 is 3.43. The van der Waals surface area contributed by atoms with Gasteiger partial charge < -0.3 is 15.3 Å². The molecule has 0 radical (unpaired) electrons. The summed E-state index contributed by atoms with van der Waals surface area (Å²) in [5, 5.41) is 11.7. The molecule has 2 N–H and O–H groups in total. The Morgan fingerprint density at radius 3 is 2.65 bits per heavy atom. The molecule has 1 aromatic carbocycles. The quantitative estimate of drug-likeness (QED) is 0.862. The highest BCUT2D eigenvalue weighted by Crippen LogP contribution is 2.26. The zero-order valence-corrected chi connectivity index (χ0v) is 13.4. The van der Waals surface area contributed by atoms with Crippen LogP contribution in [0.2, 0.25) is 0 Å². The lowest BCUT2D eigenvalue weighted by molar-refractivity contribution is -0.141. The zero-order valence-electron chi connectivity index (χ0n) is 11.8. The largest absolute Gasteiger partial charge is 0.481 e. The van der Waals surface area contributed by atoms with Crippen molar-refractivity contribution in [2.75, 3.05) is 18.4 Å². The number of urea groups is 1. The van der Waals surface area contributed by atoms with Crippen LogP contribution in [0.5, 0.6) is 0 Å². The number of rotatable bonds is 5. The van der Waals surface area contributed by atoms with Gasteiger partial charge in [0.15, 0.2) is 0 Å². The smallest absolute Gasteiger partial charge is 0.321 e. The molecule has 1 rings (SSSR count). The minimum absolute atomic E-state index is 0.182. The van der Waals surface area contributed by atoms with E-state index in [9.17, 15) is 9.59 Å². The summed E-state index contributed by atoms with van der Waals surface area (Å²) in [5.41, 5.74) is 1.70. The van der Waals surface area contributed by atoms with E-state index in [-0.39, 0.29) is 12.6 Å². The minimum atomic E-state index is -0.909. The second-order valence-electron chi connectivity index (χ2n) is 4.64. The van der Waals surface area contributed by atoms with E-state index in [0.717, 1.165) is 10.0 Å². The number of carbonyl (C=O) groups is 2. The number of halogens is 1. The predicted molar refractivity (Wildman–Crippen MR) is 81.9 cm³/mol. The van der Waals surface area contributed by atoms with E-state index in [4.69, 9.17) is 5.11 Å². The van der Waals surface area contributed by atoms with Crippen LogP contribution in [0.1, 0.15) is 19.4 Å². The number of nitrogens with zero attached hydrogens (tertiary/aromatic N) is 1. The summed E-state index contributed by atoms with van der Waals surface area (Å²) in [6.07, 6.45) is 0. The van der Waals surface area contributed by atoms with Gasteiger partial charge in [0, 0.05) is 17.6 Å². The van der Waals surface area contributed by atoms with E-state index in [2.05, 4.69) is 21.2 Å². The predicted octanol–water partition coefficient (Wildman–Crippen LogP) is 3.33. The molecule has 6 heteroatoms. The Hall–Kier alpha value is -1.56. The van der Waals surface area contributed by atoms with Crippen molar-refractivity contribution >= 4 is 33.6 Å². The van der Waals surface area contributed by atoms with Crippen molar-refractivity contribution < 1.29 is 14.7 Å². The van der Waals surface area contributed by atoms with Crippen molar-refractivity contribution in [3.8, 4) is 0 Å². The van der Waals surface area contributed by atoms with Gasteiger partial charge in [-0.05, 0) is 41.4 Å². The molecular weight excluding hydrogens is 324 g/mol. The van der Waals surface area contributed by atoms with Crippen LogP contribution in [-0.4, -0.2) is 35.1 Å². The van der Waals surface area contributed by atoms with Crippen molar-refractivity contribution in [2.45, 2.75) is 20.8 Å². The molecule has 0 bridgehead atoms. The monoisotopic (exact) mass is 342 g/mol. The molecule has 0 heterocycles. The number of benzene rings is 1. The molecule has 0 saturated carbocycles. The maximum Gasteiger partial charge on any atom is 0.321 e. The number of carboxylic acids is 1. The first kappa shape index (κ1) is 16.5. The first-order chi connectivity index (χ1) is 9.36. The van der Waals surface area contributed by atoms with Gasteiger partial charge in [0.25, 0.3) is 0 Å². The molecule has 20 heavy (non-hydrogen) atoms. The third kappa shape index (κ3) is 4.23. The van der Waals surface area contributed by atoms with E-state index in [1.54, 1.807) is 13.0 Å². The molecule has 0 spiro atoms. The van der Waals surface area contributed by atoms with Gasteiger partial charge in [-0.3, -0.25) is 4.79 Å². The van der Waals surface area contributed by atoms with Gasteiger partial charge in [0.1, 0.15) is 0 Å². The summed E-state index contributed by atoms with van der Waals surface area (Å²) in [6.45, 7) is 5.97. The standard InChI is InChI=1S/C14H19BrN2O3/c1-4-17(8-10(3)13(18)19)14(20)16-11-7-5-6-9(2)12(11)15/h5-7,10H,4,8H2,1-3H3,(H,16,20)(H,18,19). The average Bonchev–Trinajstić information content (AvgIpc) is 2.40. The van der Waals surface area contributed by atoms with Crippen molar-refractivity contribution in [3.05, 3.63) is 28.2 Å². The SMILES string of the molecule is CCN(CC(C)C(=O)O)C(=O)Nc1cccc(C)c1Br. The van der Waals surface area contributed by atoms with Gasteiger partial charge in [-0.15, -0.1) is 0 Å². The maximum atomic E-state index is 12.2. The highest BCUT2D eigenvalue weighted by molar-refractivity contribution is 9.10. The number of hydrogen-bond acceptors (Lipinski definition) is 2. The van der Waals surface area contributed by atoms with Crippen molar-refractivity contribution in [1.29, 1.82) is 0 Å². The van der Waals surface area contributed by atoms with E-state index in [1.165, 1.54) is 4.90 Å². The Balaban J connectivity index is 2.77. The lowest BCUT2D eigenvalue weighted by Crippen LogP contribution is -2.39.